The molecule has 0 spiro atoms. The monoisotopic (exact) mass is 377 g/mol. The van der Waals surface area contributed by atoms with Crippen molar-refractivity contribution in [3.8, 4) is 0 Å². The Morgan fingerprint density at radius 3 is 2.82 bits per heavy atom. The van der Waals surface area contributed by atoms with E-state index in [4.69, 9.17) is 4.52 Å². The summed E-state index contributed by atoms with van der Waals surface area (Å²) in [5.41, 5.74) is 2.21. The van der Waals surface area contributed by atoms with E-state index in [1.165, 1.54) is 6.33 Å². The molecule has 0 aliphatic rings. The topological polar surface area (TPSA) is 111 Å². The van der Waals surface area contributed by atoms with Crippen LogP contribution in [0, 0.1) is 0 Å². The zero-order valence-corrected chi connectivity index (χ0v) is 15.5. The van der Waals surface area contributed by atoms with E-state index in [0.29, 0.717) is 23.9 Å². The molecule has 0 saturated heterocycles. The quantitative estimate of drug-likeness (QED) is 0.548. The van der Waals surface area contributed by atoms with Crippen LogP contribution in [-0.4, -0.2) is 35.6 Å². The lowest BCUT2D eigenvalue weighted by Crippen LogP contribution is -2.25. The van der Waals surface area contributed by atoms with E-state index < -0.39 is 0 Å². The summed E-state index contributed by atoms with van der Waals surface area (Å²) in [6.07, 6.45) is 1.97. The highest BCUT2D eigenvalue weighted by molar-refractivity contribution is 5.92. The van der Waals surface area contributed by atoms with Crippen LogP contribution in [0.5, 0.6) is 0 Å². The Morgan fingerprint density at radius 2 is 2.04 bits per heavy atom. The fraction of sp³-hybridized carbons (Fsp3) is 0.263. The highest BCUT2D eigenvalue weighted by atomic mass is 16.5. The highest BCUT2D eigenvalue weighted by Crippen LogP contribution is 2.15. The van der Waals surface area contributed by atoms with E-state index >= 15 is 0 Å². The van der Waals surface area contributed by atoms with Gasteiger partial charge in [-0.3, -0.25) is 4.79 Å². The van der Waals surface area contributed by atoms with E-state index in [1.807, 2.05) is 44.2 Å². The Hall–Kier alpha value is -3.62. The summed E-state index contributed by atoms with van der Waals surface area (Å²) in [7, 11) is 0. The highest BCUT2D eigenvalue weighted by Gasteiger charge is 2.16. The van der Waals surface area contributed by atoms with Crippen LogP contribution in [0.3, 0.4) is 0 Å². The van der Waals surface area contributed by atoms with Gasteiger partial charge in [-0.25, -0.2) is 9.50 Å². The molecule has 0 unspecified atom stereocenters. The first kappa shape index (κ1) is 17.8. The molecule has 142 valence electrons. The molecule has 3 heterocycles. The second-order valence-corrected chi connectivity index (χ2v) is 6.64. The first-order chi connectivity index (χ1) is 13.6. The average molecular weight is 377 g/mol. The van der Waals surface area contributed by atoms with Crippen LogP contribution in [0.15, 0.2) is 47.2 Å². The molecule has 9 nitrogen and oxygen atoms in total. The van der Waals surface area contributed by atoms with Crippen LogP contribution in [0.2, 0.25) is 0 Å². The zero-order valence-electron chi connectivity index (χ0n) is 15.5. The van der Waals surface area contributed by atoms with Gasteiger partial charge in [0.05, 0.1) is 18.7 Å². The van der Waals surface area contributed by atoms with Gasteiger partial charge in [-0.2, -0.15) is 15.1 Å². The number of carbonyl (C=O) groups excluding carboxylic acids is 1. The van der Waals surface area contributed by atoms with E-state index in [-0.39, 0.29) is 24.1 Å². The maximum Gasteiger partial charge on any atom is 0.270 e. The largest absolute Gasteiger partial charge is 0.343 e. The van der Waals surface area contributed by atoms with Crippen molar-refractivity contribution in [2.24, 2.45) is 0 Å². The molecule has 3 aromatic heterocycles. The van der Waals surface area contributed by atoms with Crippen LogP contribution in [-0.2, 0) is 13.0 Å². The number of hydrogen-bond donors (Lipinski definition) is 1. The molecule has 28 heavy (non-hydrogen) atoms. The fourth-order valence-electron chi connectivity index (χ4n) is 2.82. The van der Waals surface area contributed by atoms with Gasteiger partial charge in [-0.15, -0.1) is 0 Å². The Bertz CT molecular complexity index is 1100. The minimum Gasteiger partial charge on any atom is -0.343 e. The SMILES string of the molecule is CC(C)c1cc(C(=O)NCc2noc(Cc3ccccc3)n2)nc2ncnn12. The molecule has 0 fully saturated rings. The van der Waals surface area contributed by atoms with Crippen molar-refractivity contribution in [2.45, 2.75) is 32.7 Å². The van der Waals surface area contributed by atoms with Gasteiger partial charge in [-0.05, 0) is 17.5 Å². The lowest BCUT2D eigenvalue weighted by molar-refractivity contribution is 0.0944. The number of hydrogen-bond acceptors (Lipinski definition) is 7. The maximum absolute atomic E-state index is 12.5. The van der Waals surface area contributed by atoms with Crippen LogP contribution in [0.25, 0.3) is 5.78 Å². The van der Waals surface area contributed by atoms with Gasteiger partial charge in [0.1, 0.15) is 12.0 Å². The second-order valence-electron chi connectivity index (χ2n) is 6.64. The lowest BCUT2D eigenvalue weighted by Gasteiger charge is -2.09. The summed E-state index contributed by atoms with van der Waals surface area (Å²) in [6, 6.07) is 11.6. The molecule has 1 amide bonds. The van der Waals surface area contributed by atoms with Gasteiger partial charge in [0.2, 0.25) is 5.89 Å². The smallest absolute Gasteiger partial charge is 0.270 e. The Balaban J connectivity index is 1.44. The van der Waals surface area contributed by atoms with E-state index in [0.717, 1.165) is 11.3 Å². The van der Waals surface area contributed by atoms with Gasteiger partial charge in [0, 0.05) is 0 Å². The molecule has 0 aliphatic heterocycles. The average Bonchev–Trinajstić information content (AvgIpc) is 3.35. The summed E-state index contributed by atoms with van der Waals surface area (Å²) in [5.74, 6) is 1.13. The van der Waals surface area contributed by atoms with Crippen molar-refractivity contribution in [3.05, 3.63) is 71.4 Å². The summed E-state index contributed by atoms with van der Waals surface area (Å²) in [4.78, 5) is 25.2. The Morgan fingerprint density at radius 1 is 1.21 bits per heavy atom. The standard InChI is InChI=1S/C19H19N7O2/c1-12(2)15-9-14(23-19-21-11-22-26(15)19)18(27)20-10-16-24-17(28-25-16)8-13-6-4-3-5-7-13/h3-7,9,11-12H,8,10H2,1-2H3,(H,20,27). The minimum absolute atomic E-state index is 0.147. The number of nitrogens with zero attached hydrogens (tertiary/aromatic N) is 6. The molecule has 0 saturated carbocycles. The van der Waals surface area contributed by atoms with Crippen LogP contribution >= 0.6 is 0 Å². The minimum atomic E-state index is -0.332. The van der Waals surface area contributed by atoms with E-state index in [2.05, 4.69) is 30.5 Å². The molecular formula is C19H19N7O2. The Labute approximate surface area is 160 Å². The normalized spacial score (nSPS) is 11.2. The molecule has 4 aromatic rings. The van der Waals surface area contributed by atoms with Crippen molar-refractivity contribution >= 4 is 11.7 Å². The molecule has 9 heteroatoms. The molecule has 0 atom stereocenters. The Kier molecular flexibility index (Phi) is 4.79. The molecule has 1 aromatic carbocycles. The third-order valence-corrected chi connectivity index (χ3v) is 4.22. The van der Waals surface area contributed by atoms with E-state index in [9.17, 15) is 4.79 Å². The number of amides is 1. The summed E-state index contributed by atoms with van der Waals surface area (Å²) in [5, 5.41) is 10.8. The first-order valence-corrected chi connectivity index (χ1v) is 8.94. The summed E-state index contributed by atoms with van der Waals surface area (Å²) < 4.78 is 6.89. The van der Waals surface area contributed by atoms with E-state index in [1.54, 1.807) is 10.6 Å². The predicted molar refractivity (Wildman–Crippen MR) is 99.6 cm³/mol. The molecule has 1 N–H and O–H groups in total. The lowest BCUT2D eigenvalue weighted by atomic mass is 10.1. The zero-order chi connectivity index (χ0) is 19.5. The molecule has 0 radical (unpaired) electrons. The van der Waals surface area contributed by atoms with Crippen molar-refractivity contribution in [1.29, 1.82) is 0 Å². The summed E-state index contributed by atoms with van der Waals surface area (Å²) in [6.45, 7) is 4.19. The van der Waals surface area contributed by atoms with Crippen LogP contribution in [0.1, 0.15) is 53.2 Å². The summed E-state index contributed by atoms with van der Waals surface area (Å²) >= 11 is 0. The van der Waals surface area contributed by atoms with Crippen LogP contribution in [0.4, 0.5) is 0 Å². The van der Waals surface area contributed by atoms with Gasteiger partial charge in [0.15, 0.2) is 5.82 Å². The fourth-order valence-corrected chi connectivity index (χ4v) is 2.82. The number of nitrogens with one attached hydrogen (secondary N) is 1. The molecule has 0 aliphatic carbocycles. The molecule has 0 bridgehead atoms. The van der Waals surface area contributed by atoms with Crippen molar-refractivity contribution < 1.29 is 9.32 Å². The van der Waals surface area contributed by atoms with Crippen molar-refractivity contribution in [1.82, 2.24) is 35.0 Å². The van der Waals surface area contributed by atoms with Gasteiger partial charge < -0.3 is 9.84 Å². The van der Waals surface area contributed by atoms with Crippen LogP contribution < -0.4 is 5.32 Å². The number of fused-ring (bicyclic) bond motifs is 1. The number of aromatic nitrogens is 6. The predicted octanol–water partition coefficient (Wildman–Crippen LogP) is 2.15. The third kappa shape index (κ3) is 3.73. The van der Waals surface area contributed by atoms with Gasteiger partial charge >= 0.3 is 0 Å². The van der Waals surface area contributed by atoms with Gasteiger partial charge in [0.25, 0.3) is 11.7 Å². The number of rotatable bonds is 6. The van der Waals surface area contributed by atoms with Crippen molar-refractivity contribution in [3.63, 3.8) is 0 Å². The van der Waals surface area contributed by atoms with Gasteiger partial charge in [-0.1, -0.05) is 49.3 Å². The molecular weight excluding hydrogens is 358 g/mol. The first-order valence-electron chi connectivity index (χ1n) is 8.94. The van der Waals surface area contributed by atoms with Crippen molar-refractivity contribution in [2.75, 3.05) is 0 Å². The third-order valence-electron chi connectivity index (χ3n) is 4.22. The molecule has 4 rings (SSSR count). The maximum atomic E-state index is 12.5. The number of carbonyl (C=O) groups is 1. The number of benzene rings is 1. The second kappa shape index (κ2) is 7.55.